The highest BCUT2D eigenvalue weighted by molar-refractivity contribution is 6.21. The maximum absolute atomic E-state index is 6.35. The first kappa shape index (κ1) is 14.4. The van der Waals surface area contributed by atoms with Gasteiger partial charge in [-0.3, -0.25) is 0 Å². The van der Waals surface area contributed by atoms with Crippen LogP contribution in [-0.2, 0) is 0 Å². The van der Waals surface area contributed by atoms with Gasteiger partial charge in [0.2, 0.25) is 11.8 Å². The number of anilines is 1. The summed E-state index contributed by atoms with van der Waals surface area (Å²) >= 11 is 6.35. The molecule has 0 saturated heterocycles. The zero-order chi connectivity index (χ0) is 13.8. The first-order valence-electron chi connectivity index (χ1n) is 6.97. The molecule has 19 heavy (non-hydrogen) atoms. The summed E-state index contributed by atoms with van der Waals surface area (Å²) in [7, 11) is 0. The van der Waals surface area contributed by atoms with Crippen molar-refractivity contribution in [2.75, 3.05) is 5.32 Å². The Bertz CT molecular complexity index is 425. The number of nitrogens with zero attached hydrogens (tertiary/aromatic N) is 2. The van der Waals surface area contributed by atoms with Gasteiger partial charge in [0.1, 0.15) is 0 Å². The number of halogens is 1. The molecule has 1 aromatic heterocycles. The van der Waals surface area contributed by atoms with Crippen molar-refractivity contribution in [3.05, 3.63) is 11.8 Å². The molecule has 0 bridgehead atoms. The maximum atomic E-state index is 6.35. The van der Waals surface area contributed by atoms with Gasteiger partial charge in [-0.2, -0.15) is 4.98 Å². The quantitative estimate of drug-likeness (QED) is 0.859. The second-order valence-corrected chi connectivity index (χ2v) is 5.95. The van der Waals surface area contributed by atoms with Gasteiger partial charge in [0.25, 0.3) is 0 Å². The smallest absolute Gasteiger partial charge is 0.226 e. The fourth-order valence-corrected chi connectivity index (χ4v) is 2.66. The first-order valence-corrected chi connectivity index (χ1v) is 7.41. The molecule has 0 spiro atoms. The third kappa shape index (κ3) is 4.23. The summed E-state index contributed by atoms with van der Waals surface area (Å²) in [6.45, 7) is 5.92. The average Bonchev–Trinajstić information content (AvgIpc) is 2.30. The van der Waals surface area contributed by atoms with Gasteiger partial charge in [0.15, 0.2) is 0 Å². The Morgan fingerprint density at radius 2 is 2.05 bits per heavy atom. The van der Waals surface area contributed by atoms with E-state index in [9.17, 15) is 0 Å². The second kappa shape index (κ2) is 6.42. The van der Waals surface area contributed by atoms with Crippen molar-refractivity contribution in [1.82, 2.24) is 9.97 Å². The third-order valence-electron chi connectivity index (χ3n) is 3.18. The summed E-state index contributed by atoms with van der Waals surface area (Å²) in [4.78, 5) is 8.81. The number of aromatic nitrogens is 2. The molecule has 0 radical (unpaired) electrons. The number of ether oxygens (including phenoxy) is 1. The minimum absolute atomic E-state index is 0.109. The van der Waals surface area contributed by atoms with Gasteiger partial charge < -0.3 is 10.1 Å². The van der Waals surface area contributed by atoms with Crippen molar-refractivity contribution in [1.29, 1.82) is 0 Å². The Hall–Kier alpha value is -1.03. The lowest BCUT2D eigenvalue weighted by Crippen LogP contribution is -2.33. The molecule has 4 nitrogen and oxygen atoms in total. The van der Waals surface area contributed by atoms with Crippen molar-refractivity contribution in [2.24, 2.45) is 0 Å². The molecule has 0 amide bonds. The average molecular weight is 284 g/mol. The van der Waals surface area contributed by atoms with Gasteiger partial charge in [-0.15, -0.1) is 11.6 Å². The van der Waals surface area contributed by atoms with Crippen LogP contribution in [0.2, 0.25) is 0 Å². The summed E-state index contributed by atoms with van der Waals surface area (Å²) in [5, 5.41) is 3.51. The molecule has 2 rings (SSSR count). The molecular weight excluding hydrogens is 262 g/mol. The largest absolute Gasteiger partial charge is 0.475 e. The fourth-order valence-electron chi connectivity index (χ4n) is 2.32. The van der Waals surface area contributed by atoms with Gasteiger partial charge in [0, 0.05) is 17.8 Å². The molecule has 1 aliphatic carbocycles. The van der Waals surface area contributed by atoms with E-state index in [1.165, 1.54) is 12.8 Å². The van der Waals surface area contributed by atoms with E-state index in [0.29, 0.717) is 11.8 Å². The lowest BCUT2D eigenvalue weighted by Gasteiger charge is -2.28. The highest BCUT2D eigenvalue weighted by atomic mass is 35.5. The zero-order valence-electron chi connectivity index (χ0n) is 11.8. The first-order chi connectivity index (χ1) is 9.04. The number of hydrogen-bond acceptors (Lipinski definition) is 4. The maximum Gasteiger partial charge on any atom is 0.226 e. The summed E-state index contributed by atoms with van der Waals surface area (Å²) < 4.78 is 5.63. The van der Waals surface area contributed by atoms with E-state index < -0.39 is 0 Å². The van der Waals surface area contributed by atoms with Crippen LogP contribution in [-0.4, -0.2) is 27.5 Å². The number of rotatable bonds is 4. The molecule has 106 valence electrons. The summed E-state index contributed by atoms with van der Waals surface area (Å²) in [5.41, 5.74) is 0.898. The highest BCUT2D eigenvalue weighted by Crippen LogP contribution is 2.25. The second-order valence-electron chi connectivity index (χ2n) is 5.39. The SMILES string of the molecule is Cc1cc(OC(C)C)nc(NC2CCCCC2Cl)n1. The standard InChI is InChI=1S/C14H22ClN3O/c1-9(2)19-13-8-10(3)16-14(18-13)17-12-7-5-4-6-11(12)15/h8-9,11-12H,4-7H2,1-3H3,(H,16,17,18). The predicted octanol–water partition coefficient (Wildman–Crippen LogP) is 3.53. The van der Waals surface area contributed by atoms with Crippen molar-refractivity contribution < 1.29 is 4.74 Å². The van der Waals surface area contributed by atoms with E-state index >= 15 is 0 Å². The van der Waals surface area contributed by atoms with Crippen LogP contribution < -0.4 is 10.1 Å². The molecule has 5 heteroatoms. The monoisotopic (exact) mass is 283 g/mol. The van der Waals surface area contributed by atoms with E-state index in [2.05, 4.69) is 15.3 Å². The van der Waals surface area contributed by atoms with Crippen molar-refractivity contribution in [3.63, 3.8) is 0 Å². The van der Waals surface area contributed by atoms with Crippen LogP contribution in [0.1, 0.15) is 45.2 Å². The van der Waals surface area contributed by atoms with Gasteiger partial charge in [-0.1, -0.05) is 12.8 Å². The van der Waals surface area contributed by atoms with Crippen LogP contribution in [0.3, 0.4) is 0 Å². The summed E-state index contributed by atoms with van der Waals surface area (Å²) in [5.74, 6) is 1.24. The summed E-state index contributed by atoms with van der Waals surface area (Å²) in [6, 6.07) is 2.11. The van der Waals surface area contributed by atoms with Gasteiger partial charge in [0.05, 0.1) is 11.5 Å². The zero-order valence-corrected chi connectivity index (χ0v) is 12.6. The van der Waals surface area contributed by atoms with Crippen LogP contribution in [0.15, 0.2) is 6.07 Å². The van der Waals surface area contributed by atoms with E-state index in [0.717, 1.165) is 18.5 Å². The lowest BCUT2D eigenvalue weighted by molar-refractivity contribution is 0.232. The topological polar surface area (TPSA) is 47.0 Å². The normalized spacial score (nSPS) is 23.4. The van der Waals surface area contributed by atoms with Gasteiger partial charge in [-0.25, -0.2) is 4.98 Å². The molecule has 1 aliphatic rings. The van der Waals surface area contributed by atoms with Gasteiger partial charge in [-0.05, 0) is 33.6 Å². The minimum Gasteiger partial charge on any atom is -0.475 e. The molecule has 2 atom stereocenters. The van der Waals surface area contributed by atoms with E-state index in [1.54, 1.807) is 0 Å². The van der Waals surface area contributed by atoms with Crippen LogP contribution in [0.4, 0.5) is 5.95 Å². The van der Waals surface area contributed by atoms with Crippen LogP contribution in [0.25, 0.3) is 0 Å². The van der Waals surface area contributed by atoms with Crippen LogP contribution in [0.5, 0.6) is 5.88 Å². The molecule has 0 aromatic carbocycles. The van der Waals surface area contributed by atoms with E-state index in [1.807, 2.05) is 26.8 Å². The Balaban J connectivity index is 2.08. The van der Waals surface area contributed by atoms with Gasteiger partial charge >= 0.3 is 0 Å². The van der Waals surface area contributed by atoms with E-state index in [-0.39, 0.29) is 17.5 Å². The fraction of sp³-hybridized carbons (Fsp3) is 0.714. The molecule has 0 aliphatic heterocycles. The Morgan fingerprint density at radius 1 is 1.32 bits per heavy atom. The minimum atomic E-state index is 0.109. The summed E-state index contributed by atoms with van der Waals surface area (Å²) in [6.07, 6.45) is 4.66. The number of alkyl halides is 1. The predicted molar refractivity (Wildman–Crippen MR) is 78.1 cm³/mol. The Kier molecular flexibility index (Phi) is 4.86. The lowest BCUT2D eigenvalue weighted by atomic mass is 9.95. The number of aryl methyl sites for hydroxylation is 1. The molecular formula is C14H22ClN3O. The molecule has 1 fully saturated rings. The van der Waals surface area contributed by atoms with Crippen molar-refractivity contribution in [3.8, 4) is 5.88 Å². The molecule has 1 saturated carbocycles. The Labute approximate surface area is 119 Å². The van der Waals surface area contributed by atoms with Crippen LogP contribution in [0, 0.1) is 6.92 Å². The third-order valence-corrected chi connectivity index (χ3v) is 3.71. The molecule has 1 heterocycles. The number of nitrogens with one attached hydrogen (secondary N) is 1. The van der Waals surface area contributed by atoms with E-state index in [4.69, 9.17) is 16.3 Å². The Morgan fingerprint density at radius 3 is 2.74 bits per heavy atom. The van der Waals surface area contributed by atoms with Crippen molar-refractivity contribution >= 4 is 17.5 Å². The van der Waals surface area contributed by atoms with Crippen LogP contribution >= 0.6 is 11.6 Å². The molecule has 2 unspecified atom stereocenters. The molecule has 1 aromatic rings. The molecule has 1 N–H and O–H groups in total. The van der Waals surface area contributed by atoms with Crippen molar-refractivity contribution in [2.45, 2.75) is 64.0 Å². The number of hydrogen-bond donors (Lipinski definition) is 1. The highest BCUT2D eigenvalue weighted by Gasteiger charge is 2.23.